The summed E-state index contributed by atoms with van der Waals surface area (Å²) in [4.78, 5) is 41.5. The molecule has 0 saturated heterocycles. The number of aromatic nitrogens is 3. The summed E-state index contributed by atoms with van der Waals surface area (Å²) >= 11 is 0. The molecular formula is C24H21FN6O3. The number of anilines is 2. The van der Waals surface area contributed by atoms with Crippen molar-refractivity contribution in [3.05, 3.63) is 83.1 Å². The molecule has 10 heteroatoms. The predicted molar refractivity (Wildman–Crippen MR) is 125 cm³/mol. The van der Waals surface area contributed by atoms with E-state index < -0.39 is 23.5 Å². The van der Waals surface area contributed by atoms with E-state index in [1.807, 2.05) is 0 Å². The van der Waals surface area contributed by atoms with Crippen molar-refractivity contribution in [2.75, 3.05) is 10.6 Å². The lowest BCUT2D eigenvalue weighted by Crippen LogP contribution is -2.21. The van der Waals surface area contributed by atoms with Crippen molar-refractivity contribution < 1.29 is 18.8 Å². The number of aryl methyl sites for hydroxylation is 1. The Hall–Kier alpha value is -4.60. The highest BCUT2D eigenvalue weighted by molar-refractivity contribution is 6.14. The Kier molecular flexibility index (Phi) is 6.05. The minimum Gasteiger partial charge on any atom is -0.364 e. The monoisotopic (exact) mass is 460 g/mol. The number of nitrogens with zero attached hydrogens (tertiary/aromatic N) is 3. The van der Waals surface area contributed by atoms with E-state index in [1.54, 1.807) is 44.2 Å². The van der Waals surface area contributed by atoms with Gasteiger partial charge in [0.15, 0.2) is 0 Å². The molecule has 34 heavy (non-hydrogen) atoms. The van der Waals surface area contributed by atoms with Crippen molar-refractivity contribution in [2.24, 2.45) is 5.73 Å². The maximum Gasteiger partial charge on any atom is 0.267 e. The molecule has 0 bridgehead atoms. The van der Waals surface area contributed by atoms with Crippen molar-refractivity contribution in [1.29, 1.82) is 0 Å². The van der Waals surface area contributed by atoms with Crippen molar-refractivity contribution >= 4 is 40.0 Å². The van der Waals surface area contributed by atoms with E-state index in [4.69, 9.17) is 5.73 Å². The Labute approximate surface area is 193 Å². The smallest absolute Gasteiger partial charge is 0.267 e. The van der Waals surface area contributed by atoms with Crippen LogP contribution in [0.3, 0.4) is 0 Å². The number of hydrogen-bond acceptors (Lipinski definition) is 5. The molecule has 0 fully saturated rings. The first kappa shape index (κ1) is 22.6. The van der Waals surface area contributed by atoms with Crippen LogP contribution < -0.4 is 16.4 Å². The van der Waals surface area contributed by atoms with Crippen molar-refractivity contribution in [2.45, 2.75) is 20.4 Å². The minimum absolute atomic E-state index is 0.0259. The summed E-state index contributed by atoms with van der Waals surface area (Å²) in [6, 6.07) is 13.8. The predicted octanol–water partition coefficient (Wildman–Crippen LogP) is 3.18. The largest absolute Gasteiger partial charge is 0.364 e. The average Bonchev–Trinajstić information content (AvgIpc) is 3.05. The molecule has 0 aliphatic carbocycles. The molecule has 2 aromatic carbocycles. The standard InChI is InChI=1S/C24H21FN6O3/c1-13-22(14(2)31(30-13)12-21(32)27-16-7-5-6-15(25)10-16)29-24(34)18-11-20(23(26)33)28-19-9-4-3-8-17(18)19/h3-11H,12H2,1-2H3,(H2,26,33)(H,27,32)(H,29,34). The molecule has 0 spiro atoms. The highest BCUT2D eigenvalue weighted by Gasteiger charge is 2.20. The number of carbonyl (C=O) groups excluding carboxylic acids is 3. The number of nitrogens with one attached hydrogen (secondary N) is 2. The summed E-state index contributed by atoms with van der Waals surface area (Å²) in [6.45, 7) is 3.27. The van der Waals surface area contributed by atoms with Crippen molar-refractivity contribution in [1.82, 2.24) is 14.8 Å². The normalized spacial score (nSPS) is 10.8. The fourth-order valence-corrected chi connectivity index (χ4v) is 3.60. The molecule has 2 heterocycles. The Morgan fingerprint density at radius 3 is 2.53 bits per heavy atom. The lowest BCUT2D eigenvalue weighted by Gasteiger charge is -2.10. The van der Waals surface area contributed by atoms with Crippen LogP contribution in [-0.2, 0) is 11.3 Å². The van der Waals surface area contributed by atoms with Crippen LogP contribution in [0.2, 0.25) is 0 Å². The maximum absolute atomic E-state index is 13.4. The Morgan fingerprint density at radius 1 is 1.03 bits per heavy atom. The Balaban J connectivity index is 1.58. The second-order valence-corrected chi connectivity index (χ2v) is 7.65. The van der Waals surface area contributed by atoms with Crippen LogP contribution in [0.4, 0.5) is 15.8 Å². The highest BCUT2D eigenvalue weighted by atomic mass is 19.1. The van der Waals surface area contributed by atoms with Gasteiger partial charge in [0.2, 0.25) is 5.91 Å². The first-order valence-electron chi connectivity index (χ1n) is 10.3. The fourth-order valence-electron chi connectivity index (χ4n) is 3.60. The van der Waals surface area contributed by atoms with E-state index in [0.717, 1.165) is 0 Å². The van der Waals surface area contributed by atoms with Crippen LogP contribution in [0.15, 0.2) is 54.6 Å². The summed E-state index contributed by atoms with van der Waals surface area (Å²) in [5, 5.41) is 10.3. The average molecular weight is 460 g/mol. The molecule has 0 aliphatic rings. The SMILES string of the molecule is Cc1nn(CC(=O)Nc2cccc(F)c2)c(C)c1NC(=O)c1cc(C(N)=O)nc2ccccc12. The molecule has 9 nitrogen and oxygen atoms in total. The number of para-hydroxylation sites is 1. The number of primary amides is 1. The number of fused-ring (bicyclic) bond motifs is 1. The zero-order chi connectivity index (χ0) is 24.4. The zero-order valence-corrected chi connectivity index (χ0v) is 18.4. The summed E-state index contributed by atoms with van der Waals surface area (Å²) < 4.78 is 14.8. The van der Waals surface area contributed by atoms with Crippen LogP contribution in [-0.4, -0.2) is 32.5 Å². The van der Waals surface area contributed by atoms with Crippen LogP contribution in [0.25, 0.3) is 10.9 Å². The van der Waals surface area contributed by atoms with E-state index in [1.165, 1.54) is 28.9 Å². The first-order chi connectivity index (χ1) is 16.2. The zero-order valence-electron chi connectivity index (χ0n) is 18.4. The Bertz CT molecular complexity index is 1450. The third kappa shape index (κ3) is 4.60. The van der Waals surface area contributed by atoms with Gasteiger partial charge < -0.3 is 16.4 Å². The van der Waals surface area contributed by atoms with Gasteiger partial charge in [-0.15, -0.1) is 0 Å². The van der Waals surface area contributed by atoms with E-state index in [-0.39, 0.29) is 17.8 Å². The topological polar surface area (TPSA) is 132 Å². The van der Waals surface area contributed by atoms with Crippen LogP contribution in [0.1, 0.15) is 32.2 Å². The molecule has 4 rings (SSSR count). The second-order valence-electron chi connectivity index (χ2n) is 7.65. The summed E-state index contributed by atoms with van der Waals surface area (Å²) in [5.41, 5.74) is 7.86. The number of hydrogen-bond donors (Lipinski definition) is 3. The summed E-state index contributed by atoms with van der Waals surface area (Å²) in [5.74, 6) is -2.09. The van der Waals surface area contributed by atoms with Gasteiger partial charge >= 0.3 is 0 Å². The molecule has 3 amide bonds. The van der Waals surface area contributed by atoms with E-state index >= 15 is 0 Å². The van der Waals surface area contributed by atoms with Gasteiger partial charge in [0, 0.05) is 11.1 Å². The van der Waals surface area contributed by atoms with Gasteiger partial charge in [0.05, 0.1) is 28.2 Å². The molecule has 4 aromatic rings. The molecule has 0 radical (unpaired) electrons. The lowest BCUT2D eigenvalue weighted by atomic mass is 10.1. The van der Waals surface area contributed by atoms with Gasteiger partial charge in [0.1, 0.15) is 18.1 Å². The number of halogens is 1. The molecule has 0 unspecified atom stereocenters. The number of amides is 3. The molecule has 4 N–H and O–H groups in total. The number of nitrogens with two attached hydrogens (primary N) is 1. The van der Waals surface area contributed by atoms with E-state index in [2.05, 4.69) is 20.7 Å². The maximum atomic E-state index is 13.4. The molecule has 0 saturated carbocycles. The third-order valence-corrected chi connectivity index (χ3v) is 5.24. The molecule has 2 aromatic heterocycles. The van der Waals surface area contributed by atoms with E-state index in [9.17, 15) is 18.8 Å². The Morgan fingerprint density at radius 2 is 1.79 bits per heavy atom. The van der Waals surface area contributed by atoms with Gasteiger partial charge in [-0.2, -0.15) is 5.10 Å². The van der Waals surface area contributed by atoms with Crippen molar-refractivity contribution in [3.63, 3.8) is 0 Å². The second kappa shape index (κ2) is 9.10. The van der Waals surface area contributed by atoms with Gasteiger partial charge in [-0.05, 0) is 44.2 Å². The summed E-state index contributed by atoms with van der Waals surface area (Å²) in [6.07, 6.45) is 0. The third-order valence-electron chi connectivity index (χ3n) is 5.24. The molecular weight excluding hydrogens is 439 g/mol. The fraction of sp³-hybridized carbons (Fsp3) is 0.125. The van der Waals surface area contributed by atoms with Crippen LogP contribution in [0, 0.1) is 19.7 Å². The lowest BCUT2D eigenvalue weighted by molar-refractivity contribution is -0.116. The van der Waals surface area contributed by atoms with Crippen LogP contribution in [0.5, 0.6) is 0 Å². The molecule has 0 atom stereocenters. The number of pyridine rings is 1. The van der Waals surface area contributed by atoms with Gasteiger partial charge in [0.25, 0.3) is 11.8 Å². The van der Waals surface area contributed by atoms with Gasteiger partial charge in [-0.3, -0.25) is 19.1 Å². The highest BCUT2D eigenvalue weighted by Crippen LogP contribution is 2.24. The van der Waals surface area contributed by atoms with E-state index in [0.29, 0.717) is 33.7 Å². The van der Waals surface area contributed by atoms with Gasteiger partial charge in [-0.1, -0.05) is 24.3 Å². The van der Waals surface area contributed by atoms with Crippen molar-refractivity contribution in [3.8, 4) is 0 Å². The minimum atomic E-state index is -0.746. The number of rotatable bonds is 6. The summed E-state index contributed by atoms with van der Waals surface area (Å²) in [7, 11) is 0. The number of carbonyl (C=O) groups is 3. The molecule has 0 aliphatic heterocycles. The quantitative estimate of drug-likeness (QED) is 0.407. The first-order valence-corrected chi connectivity index (χ1v) is 10.3. The van der Waals surface area contributed by atoms with Crippen LogP contribution >= 0.6 is 0 Å². The molecule has 172 valence electrons. The van der Waals surface area contributed by atoms with Gasteiger partial charge in [-0.25, -0.2) is 9.37 Å². The number of benzene rings is 2.